The second-order valence-corrected chi connectivity index (χ2v) is 5.58. The van der Waals surface area contributed by atoms with Gasteiger partial charge in [0.25, 0.3) is 0 Å². The van der Waals surface area contributed by atoms with Gasteiger partial charge in [-0.3, -0.25) is 9.98 Å². The van der Waals surface area contributed by atoms with E-state index in [1.54, 1.807) is 14.2 Å². The summed E-state index contributed by atoms with van der Waals surface area (Å²) < 4.78 is 5.43. The summed E-state index contributed by atoms with van der Waals surface area (Å²) in [5, 5.41) is 6.60. The van der Waals surface area contributed by atoms with E-state index in [-0.39, 0.29) is 0 Å². The van der Waals surface area contributed by atoms with Gasteiger partial charge in [0.1, 0.15) is 5.75 Å². The van der Waals surface area contributed by atoms with Crippen LogP contribution < -0.4 is 15.4 Å². The fourth-order valence-corrected chi connectivity index (χ4v) is 2.12. The summed E-state index contributed by atoms with van der Waals surface area (Å²) in [6.45, 7) is 10.0. The molecule has 1 rings (SSSR count). The van der Waals surface area contributed by atoms with Gasteiger partial charge in [-0.25, -0.2) is 0 Å². The Labute approximate surface area is 128 Å². The van der Waals surface area contributed by atoms with Gasteiger partial charge in [-0.1, -0.05) is 13.8 Å². The summed E-state index contributed by atoms with van der Waals surface area (Å²) in [6.07, 6.45) is 2.97. The lowest BCUT2D eigenvalue weighted by atomic mass is 10.1. The van der Waals surface area contributed by atoms with Crippen LogP contribution >= 0.6 is 0 Å². The number of rotatable bonds is 6. The van der Waals surface area contributed by atoms with Crippen LogP contribution in [0.5, 0.6) is 5.75 Å². The van der Waals surface area contributed by atoms with E-state index in [0.717, 1.165) is 41.5 Å². The first kappa shape index (κ1) is 17.3. The third-order valence-electron chi connectivity index (χ3n) is 3.41. The summed E-state index contributed by atoms with van der Waals surface area (Å²) in [5.74, 6) is 2.39. The highest BCUT2D eigenvalue weighted by Crippen LogP contribution is 2.23. The highest BCUT2D eigenvalue weighted by Gasteiger charge is 2.09. The molecule has 1 heterocycles. The molecule has 0 aliphatic rings. The Balaban J connectivity index is 2.61. The van der Waals surface area contributed by atoms with Gasteiger partial charge in [0, 0.05) is 30.9 Å². The number of guanidine groups is 1. The fourth-order valence-electron chi connectivity index (χ4n) is 2.12. The lowest BCUT2D eigenvalue weighted by Crippen LogP contribution is -2.38. The van der Waals surface area contributed by atoms with E-state index in [9.17, 15) is 0 Å². The molecule has 0 unspecified atom stereocenters. The van der Waals surface area contributed by atoms with Gasteiger partial charge in [-0.2, -0.15) is 0 Å². The van der Waals surface area contributed by atoms with E-state index in [4.69, 9.17) is 4.74 Å². The van der Waals surface area contributed by atoms with Crippen LogP contribution in [-0.2, 0) is 6.54 Å². The smallest absolute Gasteiger partial charge is 0.191 e. The van der Waals surface area contributed by atoms with E-state index >= 15 is 0 Å². The molecule has 2 N–H and O–H groups in total. The molecule has 118 valence electrons. The maximum Gasteiger partial charge on any atom is 0.191 e. The van der Waals surface area contributed by atoms with Gasteiger partial charge < -0.3 is 15.4 Å². The Hall–Kier alpha value is -1.78. The molecule has 0 bridgehead atoms. The van der Waals surface area contributed by atoms with Crippen LogP contribution in [0, 0.1) is 19.8 Å². The van der Waals surface area contributed by atoms with Gasteiger partial charge in [0.15, 0.2) is 5.96 Å². The van der Waals surface area contributed by atoms with Crippen LogP contribution in [0.15, 0.2) is 11.2 Å². The van der Waals surface area contributed by atoms with Crippen molar-refractivity contribution in [1.82, 2.24) is 15.6 Å². The SMILES string of the molecule is CN=C(NCCC(C)C)NCc1ncc(C)c(OC)c1C. The molecule has 5 heteroatoms. The second-order valence-electron chi connectivity index (χ2n) is 5.58. The topological polar surface area (TPSA) is 58.5 Å². The van der Waals surface area contributed by atoms with E-state index in [2.05, 4.69) is 34.5 Å². The summed E-state index contributed by atoms with van der Waals surface area (Å²) >= 11 is 0. The van der Waals surface area contributed by atoms with Crippen LogP contribution in [0.3, 0.4) is 0 Å². The Morgan fingerprint density at radius 2 is 2.05 bits per heavy atom. The molecule has 5 nitrogen and oxygen atoms in total. The minimum Gasteiger partial charge on any atom is -0.496 e. The molecular weight excluding hydrogens is 264 g/mol. The summed E-state index contributed by atoms with van der Waals surface area (Å²) in [6, 6.07) is 0. The molecule has 0 aliphatic carbocycles. The maximum absolute atomic E-state index is 5.43. The minimum atomic E-state index is 0.629. The molecule has 1 aromatic rings. The van der Waals surface area contributed by atoms with E-state index < -0.39 is 0 Å². The molecule has 1 aromatic heterocycles. The predicted octanol–water partition coefficient (Wildman–Crippen LogP) is 2.42. The van der Waals surface area contributed by atoms with Crippen LogP contribution in [-0.4, -0.2) is 31.6 Å². The van der Waals surface area contributed by atoms with Crippen molar-refractivity contribution in [3.8, 4) is 5.75 Å². The second kappa shape index (κ2) is 8.49. The number of aryl methyl sites for hydroxylation is 1. The van der Waals surface area contributed by atoms with Gasteiger partial charge in [0.05, 0.1) is 19.3 Å². The number of aliphatic imine (C=N–C) groups is 1. The molecule has 0 spiro atoms. The average Bonchev–Trinajstić information content (AvgIpc) is 2.44. The van der Waals surface area contributed by atoms with Crippen molar-refractivity contribution < 1.29 is 4.74 Å². The third-order valence-corrected chi connectivity index (χ3v) is 3.41. The molecule has 0 saturated carbocycles. The first-order chi connectivity index (χ1) is 9.99. The number of methoxy groups -OCH3 is 1. The molecule has 21 heavy (non-hydrogen) atoms. The number of hydrogen-bond donors (Lipinski definition) is 2. The van der Waals surface area contributed by atoms with Crippen molar-refractivity contribution in [3.63, 3.8) is 0 Å². The lowest BCUT2D eigenvalue weighted by molar-refractivity contribution is 0.406. The first-order valence-corrected chi connectivity index (χ1v) is 7.43. The number of ether oxygens (including phenoxy) is 1. The van der Waals surface area contributed by atoms with Gasteiger partial charge in [-0.05, 0) is 26.2 Å². The molecular formula is C16H28N4O. The zero-order valence-corrected chi connectivity index (χ0v) is 14.1. The molecule has 0 radical (unpaired) electrons. The van der Waals surface area contributed by atoms with Gasteiger partial charge >= 0.3 is 0 Å². The Morgan fingerprint density at radius 1 is 1.33 bits per heavy atom. The average molecular weight is 292 g/mol. The van der Waals surface area contributed by atoms with Crippen LogP contribution in [0.1, 0.15) is 37.1 Å². The third kappa shape index (κ3) is 5.25. The molecule has 0 fully saturated rings. The zero-order chi connectivity index (χ0) is 15.8. The van der Waals surface area contributed by atoms with E-state index in [0.29, 0.717) is 12.5 Å². The normalized spacial score (nSPS) is 11.7. The van der Waals surface area contributed by atoms with Crippen molar-refractivity contribution in [2.75, 3.05) is 20.7 Å². The number of aromatic nitrogens is 1. The molecule has 0 amide bonds. The quantitative estimate of drug-likeness (QED) is 0.624. The monoisotopic (exact) mass is 292 g/mol. The molecule has 0 atom stereocenters. The number of nitrogens with one attached hydrogen (secondary N) is 2. The number of nitrogens with zero attached hydrogens (tertiary/aromatic N) is 2. The van der Waals surface area contributed by atoms with Gasteiger partial charge in [0.2, 0.25) is 0 Å². The van der Waals surface area contributed by atoms with Crippen LogP contribution in [0.25, 0.3) is 0 Å². The fraction of sp³-hybridized carbons (Fsp3) is 0.625. The largest absolute Gasteiger partial charge is 0.496 e. The summed E-state index contributed by atoms with van der Waals surface area (Å²) in [7, 11) is 3.47. The first-order valence-electron chi connectivity index (χ1n) is 7.43. The van der Waals surface area contributed by atoms with Crippen molar-refractivity contribution in [3.05, 3.63) is 23.0 Å². The van der Waals surface area contributed by atoms with E-state index in [1.165, 1.54) is 0 Å². The summed E-state index contributed by atoms with van der Waals surface area (Å²) in [4.78, 5) is 8.70. The van der Waals surface area contributed by atoms with Crippen molar-refractivity contribution in [2.45, 2.75) is 40.7 Å². The van der Waals surface area contributed by atoms with Crippen molar-refractivity contribution >= 4 is 5.96 Å². The Bertz CT molecular complexity index is 483. The molecule has 0 saturated heterocycles. The van der Waals surface area contributed by atoms with Crippen LogP contribution in [0.4, 0.5) is 0 Å². The predicted molar refractivity (Wildman–Crippen MR) is 87.9 cm³/mol. The summed E-state index contributed by atoms with van der Waals surface area (Å²) in [5.41, 5.74) is 3.10. The van der Waals surface area contributed by atoms with Crippen molar-refractivity contribution in [1.29, 1.82) is 0 Å². The lowest BCUT2D eigenvalue weighted by Gasteiger charge is -2.15. The highest BCUT2D eigenvalue weighted by atomic mass is 16.5. The van der Waals surface area contributed by atoms with E-state index in [1.807, 2.05) is 20.0 Å². The standard InChI is InChI=1S/C16H28N4O/c1-11(2)7-8-18-16(17-5)20-10-14-13(4)15(21-6)12(3)9-19-14/h9,11H,7-8,10H2,1-6H3,(H2,17,18,20). The zero-order valence-electron chi connectivity index (χ0n) is 14.1. The Morgan fingerprint density at radius 3 is 2.62 bits per heavy atom. The number of pyridine rings is 1. The highest BCUT2D eigenvalue weighted by molar-refractivity contribution is 5.79. The number of hydrogen-bond acceptors (Lipinski definition) is 3. The van der Waals surface area contributed by atoms with Crippen LogP contribution in [0.2, 0.25) is 0 Å². The molecule has 0 aliphatic heterocycles. The van der Waals surface area contributed by atoms with Gasteiger partial charge in [-0.15, -0.1) is 0 Å². The van der Waals surface area contributed by atoms with Crippen molar-refractivity contribution in [2.24, 2.45) is 10.9 Å². The maximum atomic E-state index is 5.43. The Kier molecular flexibility index (Phi) is 6.99. The molecule has 0 aromatic carbocycles. The minimum absolute atomic E-state index is 0.629.